The van der Waals surface area contributed by atoms with Crippen LogP contribution in [0.1, 0.15) is 11.3 Å². The van der Waals surface area contributed by atoms with E-state index in [-0.39, 0.29) is 32.7 Å². The van der Waals surface area contributed by atoms with Crippen molar-refractivity contribution >= 4 is 0 Å². The molecule has 0 saturated carbocycles. The van der Waals surface area contributed by atoms with E-state index in [0.717, 1.165) is 11.3 Å². The van der Waals surface area contributed by atoms with Gasteiger partial charge in [0, 0.05) is 32.7 Å². The predicted molar refractivity (Wildman–Crippen MR) is 43.6 cm³/mol. The van der Waals surface area contributed by atoms with Crippen molar-refractivity contribution in [2.24, 2.45) is 0 Å². The minimum Gasteiger partial charge on any atom is -0.600 e. The zero-order valence-electron chi connectivity index (χ0n) is 7.55. The van der Waals surface area contributed by atoms with Gasteiger partial charge in [0.15, 0.2) is 0 Å². The summed E-state index contributed by atoms with van der Waals surface area (Å²) in [5.41, 5.74) is 1.01. The minimum atomic E-state index is 0. The monoisotopic (exact) mass is 249 g/mol. The van der Waals surface area contributed by atoms with Crippen LogP contribution in [0.3, 0.4) is 0 Å². The Balaban J connectivity index is 0.000000845. The third-order valence-electron chi connectivity index (χ3n) is 1.76. The maximum Gasteiger partial charge on any atom is 0 e. The molecule has 0 aliphatic carbocycles. The number of hydrogen-bond donors (Lipinski definition) is 0. The summed E-state index contributed by atoms with van der Waals surface area (Å²) in [4.78, 5) is 0. The molecule has 13 heavy (non-hydrogen) atoms. The maximum absolute atomic E-state index is 5.38. The standard InChI is InChI=1S/C10H8O2.Y/c1-7-6-10(12-8(7)2)9-4-3-5-11-9;/h3,5H,1-2H3;/q-2;. The van der Waals surface area contributed by atoms with Gasteiger partial charge in [0.2, 0.25) is 0 Å². The first-order valence-corrected chi connectivity index (χ1v) is 3.72. The normalized spacial score (nSPS) is 9.69. The maximum atomic E-state index is 5.38. The van der Waals surface area contributed by atoms with Gasteiger partial charge in [-0.1, -0.05) is 25.4 Å². The first-order chi connectivity index (χ1) is 5.77. The molecule has 0 saturated heterocycles. The summed E-state index contributed by atoms with van der Waals surface area (Å²) in [5.74, 6) is 2.09. The van der Waals surface area contributed by atoms with E-state index in [9.17, 15) is 0 Å². The summed E-state index contributed by atoms with van der Waals surface area (Å²) >= 11 is 0. The van der Waals surface area contributed by atoms with Gasteiger partial charge < -0.3 is 8.83 Å². The molecule has 2 nitrogen and oxygen atoms in total. The molecule has 0 aromatic carbocycles. The molecule has 0 fully saturated rings. The van der Waals surface area contributed by atoms with Crippen molar-refractivity contribution in [3.8, 4) is 11.5 Å². The molecule has 1 radical (unpaired) electrons. The summed E-state index contributed by atoms with van der Waals surface area (Å²) in [6, 6.07) is 7.66. The molecule has 2 aromatic heterocycles. The van der Waals surface area contributed by atoms with Gasteiger partial charge in [-0.3, -0.25) is 0 Å². The Bertz CT molecular complexity index is 354. The van der Waals surface area contributed by atoms with Crippen LogP contribution in [0.4, 0.5) is 0 Å². The summed E-state index contributed by atoms with van der Waals surface area (Å²) in [6.45, 7) is 3.85. The van der Waals surface area contributed by atoms with Gasteiger partial charge in [-0.05, 0) is 12.0 Å². The van der Waals surface area contributed by atoms with Gasteiger partial charge in [-0.2, -0.15) is 12.1 Å². The van der Waals surface area contributed by atoms with Gasteiger partial charge in [-0.15, -0.1) is 5.56 Å². The van der Waals surface area contributed by atoms with Gasteiger partial charge in [0.25, 0.3) is 0 Å². The van der Waals surface area contributed by atoms with Crippen molar-refractivity contribution in [1.29, 1.82) is 0 Å². The van der Waals surface area contributed by atoms with Crippen LogP contribution >= 0.6 is 0 Å². The molecule has 3 heteroatoms. The summed E-state index contributed by atoms with van der Waals surface area (Å²) in [7, 11) is 0. The first-order valence-electron chi connectivity index (χ1n) is 3.72. The molecule has 0 aliphatic rings. The molecular formula is C10H8O2Y-2. The van der Waals surface area contributed by atoms with Gasteiger partial charge >= 0.3 is 0 Å². The molecule has 0 spiro atoms. The van der Waals surface area contributed by atoms with Crippen LogP contribution < -0.4 is 0 Å². The van der Waals surface area contributed by atoms with Crippen LogP contribution in [-0.2, 0) is 32.7 Å². The van der Waals surface area contributed by atoms with E-state index < -0.39 is 0 Å². The quantitative estimate of drug-likeness (QED) is 0.726. The predicted octanol–water partition coefficient (Wildman–Crippen LogP) is 2.75. The molecule has 65 valence electrons. The van der Waals surface area contributed by atoms with Crippen LogP contribution in [0.5, 0.6) is 0 Å². The second-order valence-electron chi connectivity index (χ2n) is 2.63. The van der Waals surface area contributed by atoms with E-state index in [1.54, 1.807) is 12.3 Å². The largest absolute Gasteiger partial charge is 0.600 e. The van der Waals surface area contributed by atoms with E-state index >= 15 is 0 Å². The molecule has 2 rings (SSSR count). The van der Waals surface area contributed by atoms with E-state index in [1.807, 2.05) is 13.8 Å². The van der Waals surface area contributed by atoms with Crippen LogP contribution in [-0.4, -0.2) is 0 Å². The van der Waals surface area contributed by atoms with E-state index in [1.165, 1.54) is 0 Å². The Kier molecular flexibility index (Phi) is 3.51. The van der Waals surface area contributed by atoms with Crippen LogP contribution in [0.15, 0.2) is 21.2 Å². The van der Waals surface area contributed by atoms with Crippen molar-refractivity contribution in [1.82, 2.24) is 0 Å². The number of aryl methyl sites for hydroxylation is 2. The Morgan fingerprint density at radius 1 is 1.23 bits per heavy atom. The molecule has 0 aliphatic heterocycles. The number of rotatable bonds is 1. The smallest absolute Gasteiger partial charge is 0 e. The van der Waals surface area contributed by atoms with Gasteiger partial charge in [0.1, 0.15) is 0 Å². The Hall–Kier alpha value is -0.336. The molecular weight excluding hydrogens is 241 g/mol. The summed E-state index contributed by atoms with van der Waals surface area (Å²) in [6.07, 6.45) is 1.57. The summed E-state index contributed by atoms with van der Waals surface area (Å²) in [5, 5.41) is 0. The Labute approximate surface area is 102 Å². The average molecular weight is 249 g/mol. The summed E-state index contributed by atoms with van der Waals surface area (Å²) < 4.78 is 10.5. The second kappa shape index (κ2) is 4.25. The fraction of sp³-hybridized carbons (Fsp3) is 0.200. The third-order valence-corrected chi connectivity index (χ3v) is 1.76. The van der Waals surface area contributed by atoms with Crippen molar-refractivity contribution in [3.63, 3.8) is 0 Å². The zero-order valence-corrected chi connectivity index (χ0v) is 10.4. The topological polar surface area (TPSA) is 26.3 Å². The van der Waals surface area contributed by atoms with E-state index in [0.29, 0.717) is 11.5 Å². The fourth-order valence-electron chi connectivity index (χ4n) is 0.981. The van der Waals surface area contributed by atoms with Crippen LogP contribution in [0.2, 0.25) is 0 Å². The first kappa shape index (κ1) is 10.7. The zero-order chi connectivity index (χ0) is 8.55. The fourth-order valence-corrected chi connectivity index (χ4v) is 0.981. The Morgan fingerprint density at radius 2 is 2.00 bits per heavy atom. The molecule has 0 unspecified atom stereocenters. The number of furan rings is 2. The van der Waals surface area contributed by atoms with Crippen molar-refractivity contribution in [2.75, 3.05) is 0 Å². The van der Waals surface area contributed by atoms with Gasteiger partial charge in [-0.25, -0.2) is 6.07 Å². The Morgan fingerprint density at radius 3 is 2.46 bits per heavy atom. The SMILES string of the molecule is Cc1[c-]c(-c2[c-]cco2)oc1C.[Y]. The average Bonchev–Trinajstić information content (AvgIpc) is 2.61. The van der Waals surface area contributed by atoms with E-state index in [4.69, 9.17) is 8.83 Å². The van der Waals surface area contributed by atoms with Crippen molar-refractivity contribution in [2.45, 2.75) is 13.8 Å². The van der Waals surface area contributed by atoms with Crippen molar-refractivity contribution in [3.05, 3.63) is 35.8 Å². The van der Waals surface area contributed by atoms with Gasteiger partial charge in [0.05, 0.1) is 0 Å². The van der Waals surface area contributed by atoms with Crippen LogP contribution in [0, 0.1) is 26.0 Å². The van der Waals surface area contributed by atoms with Crippen molar-refractivity contribution < 1.29 is 41.5 Å². The molecule has 2 heterocycles. The number of hydrogen-bond acceptors (Lipinski definition) is 2. The second-order valence-corrected chi connectivity index (χ2v) is 2.63. The molecule has 0 amide bonds. The molecule has 0 atom stereocenters. The molecule has 2 aromatic rings. The van der Waals surface area contributed by atoms with E-state index in [2.05, 4.69) is 12.1 Å². The molecule has 0 bridgehead atoms. The molecule has 0 N–H and O–H groups in total. The minimum absolute atomic E-state index is 0. The van der Waals surface area contributed by atoms with Crippen LogP contribution in [0.25, 0.3) is 11.5 Å². The third kappa shape index (κ3) is 2.12.